The SMILES string of the molecule is CN=C(C(C=N)NC(=O)c1nc(-c2ccccc2F)ccc1N)N1CCCCC(N)C1. The van der Waals surface area contributed by atoms with E-state index in [1.807, 2.05) is 4.90 Å². The molecule has 0 saturated carbocycles. The van der Waals surface area contributed by atoms with Crippen molar-refractivity contribution in [2.45, 2.75) is 31.3 Å². The number of rotatable bonds is 5. The Kier molecular flexibility index (Phi) is 7.30. The Morgan fingerprint density at radius 3 is 2.84 bits per heavy atom. The zero-order valence-corrected chi connectivity index (χ0v) is 17.5. The van der Waals surface area contributed by atoms with E-state index in [0.717, 1.165) is 32.0 Å². The standard InChI is InChI=1S/C22H28FN7O/c1-27-21(30-11-5-4-6-14(25)13-30)19(12-24)29-22(31)20-17(26)9-10-18(28-20)15-7-2-3-8-16(15)23/h2-3,7-10,12,14,19,24H,4-6,11,13,25-26H2,1H3,(H,29,31). The second-order valence-corrected chi connectivity index (χ2v) is 7.52. The molecular formula is C22H28FN7O. The van der Waals surface area contributed by atoms with Crippen molar-refractivity contribution in [2.75, 3.05) is 25.9 Å². The molecule has 3 rings (SSSR count). The molecule has 2 aromatic rings. The number of nitrogens with one attached hydrogen (secondary N) is 2. The van der Waals surface area contributed by atoms with E-state index >= 15 is 0 Å². The highest BCUT2D eigenvalue weighted by Crippen LogP contribution is 2.23. The zero-order valence-electron chi connectivity index (χ0n) is 17.5. The topological polar surface area (TPSA) is 133 Å². The molecule has 1 aromatic heterocycles. The van der Waals surface area contributed by atoms with Gasteiger partial charge >= 0.3 is 0 Å². The van der Waals surface area contributed by atoms with Crippen molar-refractivity contribution in [2.24, 2.45) is 10.7 Å². The van der Waals surface area contributed by atoms with Crippen LogP contribution in [0.2, 0.25) is 0 Å². The van der Waals surface area contributed by atoms with Crippen molar-refractivity contribution < 1.29 is 9.18 Å². The number of amidine groups is 1. The molecule has 0 spiro atoms. The molecule has 1 aliphatic rings. The quantitative estimate of drug-likeness (QED) is 0.430. The normalized spacial score (nSPS) is 18.2. The van der Waals surface area contributed by atoms with Gasteiger partial charge in [0.25, 0.3) is 5.91 Å². The lowest BCUT2D eigenvalue weighted by Gasteiger charge is -2.30. The fourth-order valence-corrected chi connectivity index (χ4v) is 3.72. The molecule has 1 fully saturated rings. The van der Waals surface area contributed by atoms with Gasteiger partial charge < -0.3 is 27.1 Å². The summed E-state index contributed by atoms with van der Waals surface area (Å²) >= 11 is 0. The Hall–Kier alpha value is -3.33. The minimum absolute atomic E-state index is 0.0103. The molecule has 1 aromatic carbocycles. The Morgan fingerprint density at radius 2 is 2.13 bits per heavy atom. The van der Waals surface area contributed by atoms with E-state index in [-0.39, 0.29) is 23.0 Å². The molecule has 164 valence electrons. The molecule has 0 aliphatic carbocycles. The minimum Gasteiger partial charge on any atom is -0.397 e. The van der Waals surface area contributed by atoms with Gasteiger partial charge in [0.2, 0.25) is 0 Å². The average Bonchev–Trinajstić information content (AvgIpc) is 2.98. The summed E-state index contributed by atoms with van der Waals surface area (Å²) in [5, 5.41) is 10.6. The summed E-state index contributed by atoms with van der Waals surface area (Å²) in [6.45, 7) is 1.36. The van der Waals surface area contributed by atoms with Gasteiger partial charge in [0.15, 0.2) is 5.69 Å². The third kappa shape index (κ3) is 5.24. The highest BCUT2D eigenvalue weighted by atomic mass is 19.1. The van der Waals surface area contributed by atoms with Crippen molar-refractivity contribution in [3.8, 4) is 11.3 Å². The van der Waals surface area contributed by atoms with E-state index in [2.05, 4.69) is 15.3 Å². The number of nitrogens with two attached hydrogens (primary N) is 2. The average molecular weight is 426 g/mol. The minimum atomic E-state index is -0.763. The highest BCUT2D eigenvalue weighted by Gasteiger charge is 2.26. The number of halogens is 1. The van der Waals surface area contributed by atoms with Gasteiger partial charge in [-0.2, -0.15) is 0 Å². The molecular weight excluding hydrogens is 397 g/mol. The number of hydrogen-bond donors (Lipinski definition) is 4. The maximum Gasteiger partial charge on any atom is 0.272 e. The van der Waals surface area contributed by atoms with Crippen LogP contribution in [0.15, 0.2) is 41.4 Å². The molecule has 31 heavy (non-hydrogen) atoms. The van der Waals surface area contributed by atoms with Crippen LogP contribution in [0.3, 0.4) is 0 Å². The van der Waals surface area contributed by atoms with Crippen molar-refractivity contribution >= 4 is 23.6 Å². The Labute approximate surface area is 181 Å². The highest BCUT2D eigenvalue weighted by molar-refractivity contribution is 6.07. The summed E-state index contributed by atoms with van der Waals surface area (Å²) in [4.78, 5) is 23.6. The van der Waals surface area contributed by atoms with Gasteiger partial charge in [0.1, 0.15) is 17.7 Å². The predicted octanol–water partition coefficient (Wildman–Crippen LogP) is 2.06. The lowest BCUT2D eigenvalue weighted by Crippen LogP contribution is -2.52. The Balaban J connectivity index is 1.84. The first-order chi connectivity index (χ1) is 14.9. The Bertz CT molecular complexity index is 978. The van der Waals surface area contributed by atoms with Crippen LogP contribution in [0.1, 0.15) is 29.8 Å². The largest absolute Gasteiger partial charge is 0.397 e. The number of carbonyl (C=O) groups is 1. The van der Waals surface area contributed by atoms with Crippen LogP contribution in [0, 0.1) is 11.2 Å². The first kappa shape index (κ1) is 22.4. The number of nitrogen functional groups attached to an aromatic ring is 1. The summed E-state index contributed by atoms with van der Waals surface area (Å²) in [5.74, 6) is -0.449. The van der Waals surface area contributed by atoms with E-state index in [1.165, 1.54) is 12.1 Å². The van der Waals surface area contributed by atoms with Gasteiger partial charge in [-0.15, -0.1) is 0 Å². The number of benzene rings is 1. The van der Waals surface area contributed by atoms with Crippen LogP contribution < -0.4 is 16.8 Å². The molecule has 1 aliphatic heterocycles. The van der Waals surface area contributed by atoms with E-state index < -0.39 is 17.8 Å². The number of amides is 1. The number of likely N-dealkylation sites (tertiary alicyclic amines) is 1. The van der Waals surface area contributed by atoms with Crippen LogP contribution in [0.5, 0.6) is 0 Å². The molecule has 1 amide bonds. The number of anilines is 1. The summed E-state index contributed by atoms with van der Waals surface area (Å²) in [5.41, 5.74) is 12.8. The number of hydrogen-bond acceptors (Lipinski definition) is 6. The van der Waals surface area contributed by atoms with Crippen molar-refractivity contribution in [3.05, 3.63) is 47.9 Å². The maximum atomic E-state index is 14.2. The zero-order chi connectivity index (χ0) is 22.4. The second kappa shape index (κ2) is 10.1. The monoisotopic (exact) mass is 425 g/mol. The third-order valence-corrected chi connectivity index (χ3v) is 5.28. The molecule has 6 N–H and O–H groups in total. The molecule has 8 nitrogen and oxygen atoms in total. The number of aromatic nitrogens is 1. The van der Waals surface area contributed by atoms with Crippen molar-refractivity contribution in [1.82, 2.24) is 15.2 Å². The van der Waals surface area contributed by atoms with Gasteiger partial charge in [-0.3, -0.25) is 9.79 Å². The van der Waals surface area contributed by atoms with E-state index in [9.17, 15) is 9.18 Å². The van der Waals surface area contributed by atoms with Gasteiger partial charge in [0.05, 0.1) is 11.4 Å². The van der Waals surface area contributed by atoms with Gasteiger partial charge in [-0.05, 0) is 37.1 Å². The molecule has 1 saturated heterocycles. The number of nitrogens with zero attached hydrogens (tertiary/aromatic N) is 3. The van der Waals surface area contributed by atoms with Crippen LogP contribution in [-0.2, 0) is 0 Å². The van der Waals surface area contributed by atoms with E-state index in [4.69, 9.17) is 16.9 Å². The van der Waals surface area contributed by atoms with Crippen molar-refractivity contribution in [1.29, 1.82) is 5.41 Å². The molecule has 9 heteroatoms. The molecule has 2 atom stereocenters. The first-order valence-electron chi connectivity index (χ1n) is 10.2. The summed E-state index contributed by atoms with van der Waals surface area (Å²) < 4.78 is 14.2. The summed E-state index contributed by atoms with van der Waals surface area (Å²) in [6, 6.07) is 8.52. The van der Waals surface area contributed by atoms with E-state index in [1.54, 1.807) is 31.3 Å². The first-order valence-corrected chi connectivity index (χ1v) is 10.2. The van der Waals surface area contributed by atoms with Crippen LogP contribution >= 0.6 is 0 Å². The smallest absolute Gasteiger partial charge is 0.272 e. The molecule has 2 heterocycles. The molecule has 0 radical (unpaired) electrons. The van der Waals surface area contributed by atoms with Gasteiger partial charge in [0, 0.05) is 38.0 Å². The number of aliphatic imine (C=N–C) groups is 1. The fourth-order valence-electron chi connectivity index (χ4n) is 3.72. The van der Waals surface area contributed by atoms with Gasteiger partial charge in [-0.25, -0.2) is 9.37 Å². The fraction of sp³-hybridized carbons (Fsp3) is 0.364. The molecule has 2 unspecified atom stereocenters. The van der Waals surface area contributed by atoms with E-state index in [0.29, 0.717) is 18.1 Å². The molecule has 0 bridgehead atoms. The number of pyridine rings is 1. The van der Waals surface area contributed by atoms with Gasteiger partial charge in [-0.1, -0.05) is 18.6 Å². The predicted molar refractivity (Wildman–Crippen MR) is 121 cm³/mol. The summed E-state index contributed by atoms with van der Waals surface area (Å²) in [6.07, 6.45) is 4.04. The van der Waals surface area contributed by atoms with Crippen LogP contribution in [0.25, 0.3) is 11.3 Å². The third-order valence-electron chi connectivity index (χ3n) is 5.28. The number of carbonyl (C=O) groups excluding carboxylic acids is 1. The summed E-state index contributed by atoms with van der Waals surface area (Å²) in [7, 11) is 1.62. The lowest BCUT2D eigenvalue weighted by molar-refractivity contribution is 0.0949. The maximum absolute atomic E-state index is 14.2. The van der Waals surface area contributed by atoms with Crippen molar-refractivity contribution in [3.63, 3.8) is 0 Å². The van der Waals surface area contributed by atoms with Crippen LogP contribution in [0.4, 0.5) is 10.1 Å². The second-order valence-electron chi connectivity index (χ2n) is 7.52. The van der Waals surface area contributed by atoms with Crippen LogP contribution in [-0.4, -0.2) is 60.1 Å². The lowest BCUT2D eigenvalue weighted by atomic mass is 10.1. The Morgan fingerprint density at radius 1 is 1.35 bits per heavy atom.